The Morgan fingerprint density at radius 1 is 1.25 bits per heavy atom. The normalized spacial score (nSPS) is 10.1. The van der Waals surface area contributed by atoms with Gasteiger partial charge in [0.25, 0.3) is 0 Å². The molecule has 0 N–H and O–H groups in total. The standard InChI is InChI=1S/C13H12O3/c1-10-4-2-3-5-11(10)8-16-13-9-15-7-6-12(13)14/h2-7,9H,8H2,1H3. The minimum atomic E-state index is -0.167. The lowest BCUT2D eigenvalue weighted by atomic mass is 10.1. The lowest BCUT2D eigenvalue weighted by molar-refractivity contribution is 0.291. The molecular weight excluding hydrogens is 204 g/mol. The van der Waals surface area contributed by atoms with E-state index in [0.717, 1.165) is 11.1 Å². The summed E-state index contributed by atoms with van der Waals surface area (Å²) in [4.78, 5) is 11.3. The fourth-order valence-electron chi connectivity index (χ4n) is 1.38. The van der Waals surface area contributed by atoms with E-state index in [1.54, 1.807) is 0 Å². The van der Waals surface area contributed by atoms with Crippen LogP contribution in [0, 0.1) is 6.92 Å². The van der Waals surface area contributed by atoms with Gasteiger partial charge in [0.15, 0.2) is 0 Å². The minimum absolute atomic E-state index is 0.167. The molecule has 0 aliphatic heterocycles. The maximum Gasteiger partial charge on any atom is 0.226 e. The second-order valence-corrected chi connectivity index (χ2v) is 3.50. The molecule has 82 valence electrons. The molecule has 0 atom stereocenters. The highest BCUT2D eigenvalue weighted by atomic mass is 16.5. The zero-order valence-electron chi connectivity index (χ0n) is 8.97. The van der Waals surface area contributed by atoms with Gasteiger partial charge in [-0.05, 0) is 18.1 Å². The van der Waals surface area contributed by atoms with Crippen LogP contribution < -0.4 is 10.2 Å². The predicted molar refractivity (Wildman–Crippen MR) is 60.5 cm³/mol. The number of rotatable bonds is 3. The molecule has 1 aromatic carbocycles. The predicted octanol–water partition coefficient (Wildman–Crippen LogP) is 2.53. The lowest BCUT2D eigenvalue weighted by Crippen LogP contribution is -2.06. The van der Waals surface area contributed by atoms with E-state index in [1.165, 1.54) is 18.6 Å². The molecule has 3 nitrogen and oxygen atoms in total. The highest BCUT2D eigenvalue weighted by molar-refractivity contribution is 5.25. The van der Waals surface area contributed by atoms with Crippen LogP contribution in [0.3, 0.4) is 0 Å². The molecule has 0 aliphatic rings. The number of hydrogen-bond acceptors (Lipinski definition) is 3. The Labute approximate surface area is 93.3 Å². The number of aryl methyl sites for hydroxylation is 1. The Hall–Kier alpha value is -2.03. The first-order valence-corrected chi connectivity index (χ1v) is 5.01. The van der Waals surface area contributed by atoms with Gasteiger partial charge in [0.05, 0.1) is 6.26 Å². The van der Waals surface area contributed by atoms with Crippen LogP contribution in [0.2, 0.25) is 0 Å². The van der Waals surface area contributed by atoms with E-state index in [0.29, 0.717) is 6.61 Å². The van der Waals surface area contributed by atoms with E-state index < -0.39 is 0 Å². The van der Waals surface area contributed by atoms with Crippen LogP contribution >= 0.6 is 0 Å². The Balaban J connectivity index is 2.12. The molecule has 1 heterocycles. The van der Waals surface area contributed by atoms with Crippen molar-refractivity contribution >= 4 is 0 Å². The lowest BCUT2D eigenvalue weighted by Gasteiger charge is -2.06. The highest BCUT2D eigenvalue weighted by Crippen LogP contribution is 2.10. The second kappa shape index (κ2) is 4.66. The monoisotopic (exact) mass is 216 g/mol. The Morgan fingerprint density at radius 3 is 2.81 bits per heavy atom. The van der Waals surface area contributed by atoms with Crippen LogP contribution in [0.4, 0.5) is 0 Å². The number of hydrogen-bond donors (Lipinski definition) is 0. The topological polar surface area (TPSA) is 39.4 Å². The molecule has 0 fully saturated rings. The smallest absolute Gasteiger partial charge is 0.226 e. The summed E-state index contributed by atoms with van der Waals surface area (Å²) < 4.78 is 10.3. The van der Waals surface area contributed by atoms with Crippen molar-refractivity contribution in [1.29, 1.82) is 0 Å². The summed E-state index contributed by atoms with van der Waals surface area (Å²) in [5.41, 5.74) is 2.04. The summed E-state index contributed by atoms with van der Waals surface area (Å²) in [7, 11) is 0. The summed E-state index contributed by atoms with van der Waals surface area (Å²) in [6.07, 6.45) is 2.66. The molecule has 3 heteroatoms. The molecule has 0 aliphatic carbocycles. The zero-order chi connectivity index (χ0) is 11.4. The maximum atomic E-state index is 11.3. The van der Waals surface area contributed by atoms with Gasteiger partial charge in [0.1, 0.15) is 12.9 Å². The van der Waals surface area contributed by atoms with Crippen LogP contribution in [0.1, 0.15) is 11.1 Å². The van der Waals surface area contributed by atoms with Gasteiger partial charge in [-0.3, -0.25) is 4.79 Å². The summed E-state index contributed by atoms with van der Waals surface area (Å²) in [6, 6.07) is 9.23. The molecule has 2 rings (SSSR count). The maximum absolute atomic E-state index is 11.3. The fourth-order valence-corrected chi connectivity index (χ4v) is 1.38. The zero-order valence-corrected chi connectivity index (χ0v) is 8.97. The minimum Gasteiger partial charge on any atom is -0.482 e. The van der Waals surface area contributed by atoms with Crippen LogP contribution in [0.25, 0.3) is 0 Å². The molecule has 16 heavy (non-hydrogen) atoms. The van der Waals surface area contributed by atoms with Crippen molar-refractivity contribution in [3.8, 4) is 5.75 Å². The Bertz CT molecular complexity index is 528. The highest BCUT2D eigenvalue weighted by Gasteiger charge is 2.02. The molecule has 2 aromatic rings. The van der Waals surface area contributed by atoms with Gasteiger partial charge in [-0.15, -0.1) is 0 Å². The van der Waals surface area contributed by atoms with Crippen LogP contribution in [0.15, 0.2) is 52.1 Å². The van der Waals surface area contributed by atoms with Crippen molar-refractivity contribution in [2.24, 2.45) is 0 Å². The average molecular weight is 216 g/mol. The Morgan fingerprint density at radius 2 is 2.06 bits per heavy atom. The largest absolute Gasteiger partial charge is 0.482 e. The molecule has 0 amide bonds. The van der Waals surface area contributed by atoms with E-state index >= 15 is 0 Å². The van der Waals surface area contributed by atoms with Crippen LogP contribution in [-0.2, 0) is 6.61 Å². The van der Waals surface area contributed by atoms with Crippen molar-refractivity contribution < 1.29 is 9.15 Å². The molecule has 0 bridgehead atoms. The van der Waals surface area contributed by atoms with Crippen molar-refractivity contribution in [1.82, 2.24) is 0 Å². The van der Waals surface area contributed by atoms with E-state index in [1.807, 2.05) is 31.2 Å². The van der Waals surface area contributed by atoms with Gasteiger partial charge in [0.2, 0.25) is 11.2 Å². The van der Waals surface area contributed by atoms with Gasteiger partial charge < -0.3 is 9.15 Å². The third-order valence-electron chi connectivity index (χ3n) is 2.36. The quantitative estimate of drug-likeness (QED) is 0.791. The van der Waals surface area contributed by atoms with Crippen LogP contribution in [-0.4, -0.2) is 0 Å². The SMILES string of the molecule is Cc1ccccc1COc1coccc1=O. The third kappa shape index (κ3) is 2.31. The van der Waals surface area contributed by atoms with Crippen molar-refractivity contribution in [3.05, 3.63) is 64.2 Å². The molecule has 0 saturated heterocycles. The third-order valence-corrected chi connectivity index (χ3v) is 2.36. The molecule has 0 spiro atoms. The van der Waals surface area contributed by atoms with E-state index in [9.17, 15) is 4.79 Å². The molecule has 0 radical (unpaired) electrons. The van der Waals surface area contributed by atoms with E-state index in [-0.39, 0.29) is 11.2 Å². The van der Waals surface area contributed by atoms with Gasteiger partial charge in [0, 0.05) is 6.07 Å². The number of benzene rings is 1. The summed E-state index contributed by atoms with van der Waals surface area (Å²) in [6.45, 7) is 2.38. The first-order valence-electron chi connectivity index (χ1n) is 5.01. The number of ether oxygens (including phenoxy) is 1. The first kappa shape index (κ1) is 10.5. The fraction of sp³-hybridized carbons (Fsp3) is 0.154. The first-order chi connectivity index (χ1) is 7.77. The summed E-state index contributed by atoms with van der Waals surface area (Å²) >= 11 is 0. The van der Waals surface area contributed by atoms with E-state index in [4.69, 9.17) is 9.15 Å². The van der Waals surface area contributed by atoms with Gasteiger partial charge in [-0.1, -0.05) is 24.3 Å². The van der Waals surface area contributed by atoms with Crippen molar-refractivity contribution in [2.75, 3.05) is 0 Å². The van der Waals surface area contributed by atoms with Crippen LogP contribution in [0.5, 0.6) is 5.75 Å². The molecular formula is C13H12O3. The average Bonchev–Trinajstić information content (AvgIpc) is 2.30. The van der Waals surface area contributed by atoms with E-state index in [2.05, 4.69) is 0 Å². The molecule has 0 saturated carbocycles. The molecule has 1 aromatic heterocycles. The van der Waals surface area contributed by atoms with Crippen molar-refractivity contribution in [2.45, 2.75) is 13.5 Å². The second-order valence-electron chi connectivity index (χ2n) is 3.50. The van der Waals surface area contributed by atoms with Crippen molar-refractivity contribution in [3.63, 3.8) is 0 Å². The van der Waals surface area contributed by atoms with Gasteiger partial charge in [-0.25, -0.2) is 0 Å². The van der Waals surface area contributed by atoms with Gasteiger partial charge in [-0.2, -0.15) is 0 Å². The summed E-state index contributed by atoms with van der Waals surface area (Å²) in [5, 5.41) is 0. The Kier molecular flexibility index (Phi) is 3.05. The molecule has 0 unspecified atom stereocenters. The summed E-state index contributed by atoms with van der Waals surface area (Å²) in [5.74, 6) is 0.241. The van der Waals surface area contributed by atoms with Gasteiger partial charge >= 0.3 is 0 Å².